The number of alkyl halides is 3. The maximum Gasteiger partial charge on any atom is 0.573 e. The molecule has 7 heteroatoms. The van der Waals surface area contributed by atoms with E-state index in [2.05, 4.69) is 4.74 Å². The minimum Gasteiger partial charge on any atom is -0.508 e. The lowest BCUT2D eigenvalue weighted by Crippen LogP contribution is -2.18. The van der Waals surface area contributed by atoms with Crippen LogP contribution in [0.5, 0.6) is 11.5 Å². The van der Waals surface area contributed by atoms with Crippen LogP contribution in [0.25, 0.3) is 0 Å². The lowest BCUT2D eigenvalue weighted by molar-refractivity contribution is -0.274. The Bertz CT molecular complexity index is 684. The molecule has 0 aliphatic rings. The van der Waals surface area contributed by atoms with Gasteiger partial charge in [0.2, 0.25) is 0 Å². The summed E-state index contributed by atoms with van der Waals surface area (Å²) >= 11 is 0. The van der Waals surface area contributed by atoms with Crippen LogP contribution in [0.1, 0.15) is 17.5 Å². The minimum absolute atomic E-state index is 0.0757. The normalized spacial score (nSPS) is 11.1. The maximum absolute atomic E-state index is 12.4. The van der Waals surface area contributed by atoms with E-state index in [-0.39, 0.29) is 30.8 Å². The Hall–Kier alpha value is -2.70. The van der Waals surface area contributed by atoms with Crippen LogP contribution in [0.15, 0.2) is 48.5 Å². The third-order valence-electron chi connectivity index (χ3n) is 3.16. The molecule has 128 valence electrons. The van der Waals surface area contributed by atoms with Crippen molar-refractivity contribution in [2.45, 2.75) is 25.8 Å². The third kappa shape index (κ3) is 5.49. The number of esters is 1. The Morgan fingerprint density at radius 1 is 1.04 bits per heavy atom. The highest BCUT2D eigenvalue weighted by atomic mass is 19.4. The third-order valence-corrected chi connectivity index (χ3v) is 3.16. The summed E-state index contributed by atoms with van der Waals surface area (Å²) < 4.78 is 46.0. The summed E-state index contributed by atoms with van der Waals surface area (Å²) in [6.07, 6.45) is -5.19. The van der Waals surface area contributed by atoms with Gasteiger partial charge in [-0.3, -0.25) is 4.79 Å². The van der Waals surface area contributed by atoms with Crippen molar-refractivity contribution in [3.05, 3.63) is 59.7 Å². The number of ether oxygens (including phenoxy) is 2. The maximum atomic E-state index is 12.4. The van der Waals surface area contributed by atoms with Crippen molar-refractivity contribution < 1.29 is 32.5 Å². The highest BCUT2D eigenvalue weighted by Crippen LogP contribution is 2.32. The Balaban J connectivity index is 1.94. The predicted molar refractivity (Wildman–Crippen MR) is 79.3 cm³/mol. The fourth-order valence-corrected chi connectivity index (χ4v) is 2.06. The minimum atomic E-state index is -4.88. The van der Waals surface area contributed by atoms with E-state index >= 15 is 0 Å². The van der Waals surface area contributed by atoms with E-state index in [4.69, 9.17) is 4.74 Å². The largest absolute Gasteiger partial charge is 0.573 e. The van der Waals surface area contributed by atoms with Gasteiger partial charge in [0.15, 0.2) is 0 Å². The van der Waals surface area contributed by atoms with Crippen LogP contribution >= 0.6 is 0 Å². The quantitative estimate of drug-likeness (QED) is 0.809. The van der Waals surface area contributed by atoms with E-state index in [1.54, 1.807) is 24.3 Å². The molecule has 1 N–H and O–H groups in total. The van der Waals surface area contributed by atoms with Crippen LogP contribution in [-0.4, -0.2) is 17.4 Å². The number of carbonyl (C=O) groups excluding carboxylic acids is 1. The first-order valence-corrected chi connectivity index (χ1v) is 7.11. The first-order chi connectivity index (χ1) is 11.3. The summed E-state index contributed by atoms with van der Waals surface area (Å²) in [7, 11) is 0. The molecule has 0 aromatic heterocycles. The van der Waals surface area contributed by atoms with Gasteiger partial charge in [-0.2, -0.15) is 0 Å². The number of halogens is 3. The number of hydrogen-bond donors (Lipinski definition) is 1. The van der Waals surface area contributed by atoms with Crippen molar-refractivity contribution in [2.24, 2.45) is 0 Å². The highest BCUT2D eigenvalue weighted by Gasteiger charge is 2.32. The Kier molecular flexibility index (Phi) is 5.68. The Morgan fingerprint density at radius 2 is 1.75 bits per heavy atom. The van der Waals surface area contributed by atoms with Gasteiger partial charge >= 0.3 is 12.3 Å². The second kappa shape index (κ2) is 7.72. The molecule has 0 fully saturated rings. The monoisotopic (exact) mass is 340 g/mol. The fourth-order valence-electron chi connectivity index (χ4n) is 2.06. The van der Waals surface area contributed by atoms with Crippen molar-refractivity contribution in [1.29, 1.82) is 0 Å². The van der Waals surface area contributed by atoms with Crippen LogP contribution < -0.4 is 4.74 Å². The topological polar surface area (TPSA) is 55.8 Å². The van der Waals surface area contributed by atoms with E-state index in [0.29, 0.717) is 0 Å². The van der Waals surface area contributed by atoms with Gasteiger partial charge in [-0.25, -0.2) is 0 Å². The second-order valence-electron chi connectivity index (χ2n) is 4.95. The van der Waals surface area contributed by atoms with Gasteiger partial charge in [0.05, 0.1) is 0 Å². The molecule has 2 aromatic rings. The van der Waals surface area contributed by atoms with E-state index < -0.39 is 18.1 Å². The van der Waals surface area contributed by atoms with Crippen molar-refractivity contribution in [3.63, 3.8) is 0 Å². The van der Waals surface area contributed by atoms with Gasteiger partial charge in [0.1, 0.15) is 18.1 Å². The summed E-state index contributed by atoms with van der Waals surface area (Å²) in [4.78, 5) is 11.7. The average molecular weight is 340 g/mol. The molecule has 0 aliphatic heterocycles. The van der Waals surface area contributed by atoms with Crippen LogP contribution in [0, 0.1) is 0 Å². The van der Waals surface area contributed by atoms with Gasteiger partial charge < -0.3 is 14.6 Å². The molecule has 2 aromatic carbocycles. The van der Waals surface area contributed by atoms with Crippen LogP contribution in [0.4, 0.5) is 13.2 Å². The van der Waals surface area contributed by atoms with E-state index in [0.717, 1.165) is 11.6 Å². The van der Waals surface area contributed by atoms with Crippen molar-refractivity contribution in [3.8, 4) is 11.5 Å². The van der Waals surface area contributed by atoms with Gasteiger partial charge in [-0.05, 0) is 24.1 Å². The zero-order valence-corrected chi connectivity index (χ0v) is 12.5. The number of carbonyl (C=O) groups is 1. The molecule has 0 aliphatic carbocycles. The van der Waals surface area contributed by atoms with E-state index in [9.17, 15) is 23.1 Å². The molecule has 0 saturated heterocycles. The number of hydrogen-bond acceptors (Lipinski definition) is 4. The molecule has 0 atom stereocenters. The fraction of sp³-hybridized carbons (Fsp3) is 0.235. The van der Waals surface area contributed by atoms with Gasteiger partial charge in [-0.1, -0.05) is 36.4 Å². The number of phenolic OH excluding ortho intramolecular Hbond substituents is 1. The Labute approximate surface area is 136 Å². The van der Waals surface area contributed by atoms with E-state index in [1.165, 1.54) is 12.1 Å². The second-order valence-corrected chi connectivity index (χ2v) is 4.95. The SMILES string of the molecule is O=C(CCc1c(O)cccc1OC(F)(F)F)OCc1ccccc1. The van der Waals surface area contributed by atoms with Gasteiger partial charge in [0, 0.05) is 12.0 Å². The molecular formula is C17H15F3O4. The van der Waals surface area contributed by atoms with Crippen molar-refractivity contribution >= 4 is 5.97 Å². The van der Waals surface area contributed by atoms with Crippen LogP contribution in [0.2, 0.25) is 0 Å². The molecular weight excluding hydrogens is 325 g/mol. The van der Waals surface area contributed by atoms with Crippen LogP contribution in [0.3, 0.4) is 0 Å². The summed E-state index contributed by atoms with van der Waals surface area (Å²) in [5.74, 6) is -1.48. The molecule has 0 heterocycles. The zero-order valence-electron chi connectivity index (χ0n) is 12.5. The first-order valence-electron chi connectivity index (χ1n) is 7.11. The molecule has 0 spiro atoms. The smallest absolute Gasteiger partial charge is 0.508 e. The van der Waals surface area contributed by atoms with Crippen molar-refractivity contribution in [2.75, 3.05) is 0 Å². The number of aromatic hydroxyl groups is 1. The number of phenols is 1. The molecule has 0 radical (unpaired) electrons. The van der Waals surface area contributed by atoms with Crippen molar-refractivity contribution in [1.82, 2.24) is 0 Å². The number of rotatable bonds is 6. The van der Waals surface area contributed by atoms with E-state index in [1.807, 2.05) is 6.07 Å². The predicted octanol–water partition coefficient (Wildman–Crippen LogP) is 3.97. The standard InChI is InChI=1S/C17H15F3O4/c18-17(19,20)24-15-8-4-7-14(21)13(15)9-10-16(22)23-11-12-5-2-1-3-6-12/h1-8,21H,9-11H2. The molecule has 0 saturated carbocycles. The lowest BCUT2D eigenvalue weighted by Gasteiger charge is -2.14. The lowest BCUT2D eigenvalue weighted by atomic mass is 10.1. The number of benzene rings is 2. The summed E-state index contributed by atoms with van der Waals surface area (Å²) in [6.45, 7) is 0.0757. The summed E-state index contributed by atoms with van der Waals surface area (Å²) in [5.41, 5.74) is 0.709. The molecule has 0 bridgehead atoms. The molecule has 4 nitrogen and oxygen atoms in total. The Morgan fingerprint density at radius 3 is 2.42 bits per heavy atom. The van der Waals surface area contributed by atoms with Gasteiger partial charge in [-0.15, -0.1) is 13.2 Å². The molecule has 24 heavy (non-hydrogen) atoms. The average Bonchev–Trinajstić information content (AvgIpc) is 2.52. The molecule has 0 amide bonds. The first kappa shape index (κ1) is 17.7. The molecule has 2 rings (SSSR count). The summed E-state index contributed by atoms with van der Waals surface area (Å²) in [5, 5.41) is 9.71. The molecule has 0 unspecified atom stereocenters. The summed E-state index contributed by atoms with van der Waals surface area (Å²) in [6, 6.07) is 12.5. The zero-order chi connectivity index (χ0) is 17.6. The van der Waals surface area contributed by atoms with Gasteiger partial charge in [0.25, 0.3) is 0 Å². The van der Waals surface area contributed by atoms with Crippen LogP contribution in [-0.2, 0) is 22.6 Å². The highest BCUT2D eigenvalue weighted by molar-refractivity contribution is 5.70.